The molecule has 7 heteroatoms. The van der Waals surface area contributed by atoms with Crippen LogP contribution in [0.5, 0.6) is 0 Å². The number of aryl methyl sites for hydroxylation is 1. The first kappa shape index (κ1) is 25.6. The summed E-state index contributed by atoms with van der Waals surface area (Å²) in [5.41, 5.74) is 2.34. The van der Waals surface area contributed by atoms with E-state index in [2.05, 4.69) is 50.2 Å². The number of halogens is 2. The Morgan fingerprint density at radius 1 is 1.30 bits per heavy atom. The van der Waals surface area contributed by atoms with Gasteiger partial charge in [-0.15, -0.1) is 0 Å². The molecule has 1 N–H and O–H groups in total. The van der Waals surface area contributed by atoms with Crippen LogP contribution in [0.25, 0.3) is 11.3 Å². The van der Waals surface area contributed by atoms with Crippen molar-refractivity contribution in [2.24, 2.45) is 16.7 Å². The highest BCUT2D eigenvalue weighted by Crippen LogP contribution is 2.39. The Hall–Kier alpha value is -2.03. The van der Waals surface area contributed by atoms with Crippen LogP contribution in [0, 0.1) is 28.1 Å². The summed E-state index contributed by atoms with van der Waals surface area (Å²) >= 11 is 13.4. The minimum absolute atomic E-state index is 0.149. The van der Waals surface area contributed by atoms with Gasteiger partial charge < -0.3 is 5.32 Å². The highest BCUT2D eigenvalue weighted by atomic mass is 35.5. The van der Waals surface area contributed by atoms with Crippen LogP contribution in [0.3, 0.4) is 0 Å². The standard InChI is InChI=1S/C26H34Cl2N4O/c1-6-32-23(19-8-7-18(13-20(19)27)14-25(3,4)5)21(28)22(31-32)24(33)30-16-26(15-29)11-9-17(2)10-12-26/h7-8,13,17H,6,9-12,14,16H2,1-5H3,(H,30,33). The Bertz CT molecular complexity index is 1050. The number of nitrogens with one attached hydrogen (secondary N) is 1. The monoisotopic (exact) mass is 488 g/mol. The van der Waals surface area contributed by atoms with E-state index < -0.39 is 5.41 Å². The SMILES string of the molecule is CCn1nc(C(=O)NCC2(C#N)CCC(C)CC2)c(Cl)c1-c1ccc(CC(C)(C)C)cc1Cl. The molecule has 1 saturated carbocycles. The summed E-state index contributed by atoms with van der Waals surface area (Å²) in [6.45, 7) is 11.6. The largest absolute Gasteiger partial charge is 0.349 e. The minimum atomic E-state index is -0.517. The molecule has 0 saturated heterocycles. The van der Waals surface area contributed by atoms with Gasteiger partial charge in [0.25, 0.3) is 5.91 Å². The molecule has 5 nitrogen and oxygen atoms in total. The molecule has 1 heterocycles. The smallest absolute Gasteiger partial charge is 0.273 e. The van der Waals surface area contributed by atoms with E-state index in [-0.39, 0.29) is 22.0 Å². The number of aromatic nitrogens is 2. The third-order valence-electron chi connectivity index (χ3n) is 6.49. The maximum atomic E-state index is 13.0. The van der Waals surface area contributed by atoms with E-state index in [9.17, 15) is 10.1 Å². The Morgan fingerprint density at radius 3 is 2.52 bits per heavy atom. The van der Waals surface area contributed by atoms with Crippen molar-refractivity contribution in [1.29, 1.82) is 5.26 Å². The molecule has 0 radical (unpaired) electrons. The average molecular weight is 489 g/mol. The number of hydrogen-bond acceptors (Lipinski definition) is 3. The van der Waals surface area contributed by atoms with Gasteiger partial charge in [-0.1, -0.05) is 63.0 Å². The average Bonchev–Trinajstić information content (AvgIpc) is 3.09. The van der Waals surface area contributed by atoms with Crippen LogP contribution in [0.4, 0.5) is 0 Å². The van der Waals surface area contributed by atoms with Crippen molar-refractivity contribution in [2.75, 3.05) is 6.54 Å². The van der Waals surface area contributed by atoms with E-state index in [1.165, 1.54) is 0 Å². The Kier molecular flexibility index (Phi) is 7.81. The highest BCUT2D eigenvalue weighted by Gasteiger charge is 2.35. The van der Waals surface area contributed by atoms with Gasteiger partial charge in [0.1, 0.15) is 0 Å². The van der Waals surface area contributed by atoms with Gasteiger partial charge in [-0.25, -0.2) is 0 Å². The zero-order valence-corrected chi connectivity index (χ0v) is 21.8. The summed E-state index contributed by atoms with van der Waals surface area (Å²) in [6, 6.07) is 8.42. The summed E-state index contributed by atoms with van der Waals surface area (Å²) in [7, 11) is 0. The van der Waals surface area contributed by atoms with Gasteiger partial charge in [-0.3, -0.25) is 9.48 Å². The Balaban J connectivity index is 1.85. The van der Waals surface area contributed by atoms with Gasteiger partial charge in [0.05, 0.1) is 27.2 Å². The third kappa shape index (κ3) is 5.91. The van der Waals surface area contributed by atoms with Crippen molar-refractivity contribution < 1.29 is 4.79 Å². The molecule has 3 rings (SSSR count). The zero-order chi connectivity index (χ0) is 24.4. The summed E-state index contributed by atoms with van der Waals surface area (Å²) < 4.78 is 1.71. The molecule has 0 atom stereocenters. The normalized spacial score (nSPS) is 21.0. The number of nitriles is 1. The number of amides is 1. The number of nitrogens with zero attached hydrogens (tertiary/aromatic N) is 3. The van der Waals surface area contributed by atoms with E-state index in [0.717, 1.165) is 43.2 Å². The predicted octanol–water partition coefficient (Wildman–Crippen LogP) is 6.92. The topological polar surface area (TPSA) is 70.7 Å². The summed E-state index contributed by atoms with van der Waals surface area (Å²) in [6.07, 6.45) is 4.50. The van der Waals surface area contributed by atoms with Crippen molar-refractivity contribution >= 4 is 29.1 Å². The van der Waals surface area contributed by atoms with E-state index in [0.29, 0.717) is 29.7 Å². The molecule has 0 aliphatic heterocycles. The second-order valence-corrected chi connectivity index (χ2v) is 11.4. The van der Waals surface area contributed by atoms with Gasteiger partial charge in [0, 0.05) is 18.7 Å². The molecule has 178 valence electrons. The number of carbonyl (C=O) groups is 1. The van der Waals surface area contributed by atoms with Crippen LogP contribution >= 0.6 is 23.2 Å². The molecular formula is C26H34Cl2N4O. The van der Waals surface area contributed by atoms with Crippen molar-refractivity contribution in [3.05, 3.63) is 39.5 Å². The molecule has 1 fully saturated rings. The van der Waals surface area contributed by atoms with Gasteiger partial charge in [-0.2, -0.15) is 10.4 Å². The first-order valence-electron chi connectivity index (χ1n) is 11.7. The molecular weight excluding hydrogens is 455 g/mol. The minimum Gasteiger partial charge on any atom is -0.349 e. The molecule has 0 unspecified atom stereocenters. The number of rotatable bonds is 6. The number of benzene rings is 1. The lowest BCUT2D eigenvalue weighted by Crippen LogP contribution is -2.39. The molecule has 1 aromatic carbocycles. The van der Waals surface area contributed by atoms with Crippen LogP contribution < -0.4 is 5.32 Å². The molecule has 1 aliphatic rings. The van der Waals surface area contributed by atoms with Crippen LogP contribution in [0.15, 0.2) is 18.2 Å². The van der Waals surface area contributed by atoms with E-state index >= 15 is 0 Å². The van der Waals surface area contributed by atoms with Crippen LogP contribution in [0.1, 0.15) is 76.4 Å². The number of carbonyl (C=O) groups excluding carboxylic acids is 1. The molecule has 1 amide bonds. The van der Waals surface area contributed by atoms with E-state index in [1.807, 2.05) is 19.1 Å². The Morgan fingerprint density at radius 2 is 1.97 bits per heavy atom. The maximum Gasteiger partial charge on any atom is 0.273 e. The first-order valence-corrected chi connectivity index (χ1v) is 12.5. The zero-order valence-electron chi connectivity index (χ0n) is 20.3. The summed E-state index contributed by atoms with van der Waals surface area (Å²) in [4.78, 5) is 13.0. The van der Waals surface area contributed by atoms with Gasteiger partial charge >= 0.3 is 0 Å². The highest BCUT2D eigenvalue weighted by molar-refractivity contribution is 6.38. The van der Waals surface area contributed by atoms with E-state index in [1.54, 1.807) is 4.68 Å². The molecule has 0 spiro atoms. The lowest BCUT2D eigenvalue weighted by Gasteiger charge is -2.33. The van der Waals surface area contributed by atoms with Crippen molar-refractivity contribution in [3.8, 4) is 17.3 Å². The Labute approximate surface area is 207 Å². The van der Waals surface area contributed by atoms with Crippen molar-refractivity contribution in [3.63, 3.8) is 0 Å². The molecule has 1 aliphatic carbocycles. The van der Waals surface area contributed by atoms with Crippen LogP contribution in [-0.2, 0) is 13.0 Å². The van der Waals surface area contributed by atoms with Gasteiger partial charge in [-0.05, 0) is 62.0 Å². The van der Waals surface area contributed by atoms with E-state index in [4.69, 9.17) is 23.2 Å². The third-order valence-corrected chi connectivity index (χ3v) is 7.16. The first-order chi connectivity index (χ1) is 15.5. The fraction of sp³-hybridized carbons (Fsp3) is 0.577. The lowest BCUT2D eigenvalue weighted by molar-refractivity contribution is 0.0921. The summed E-state index contributed by atoms with van der Waals surface area (Å²) in [5.74, 6) is 0.265. The second kappa shape index (κ2) is 10.1. The molecule has 1 aromatic heterocycles. The molecule has 2 aromatic rings. The van der Waals surface area contributed by atoms with Gasteiger partial charge in [0.15, 0.2) is 5.69 Å². The fourth-order valence-electron chi connectivity index (χ4n) is 4.52. The van der Waals surface area contributed by atoms with Crippen molar-refractivity contribution in [1.82, 2.24) is 15.1 Å². The fourth-order valence-corrected chi connectivity index (χ4v) is 5.14. The lowest BCUT2D eigenvalue weighted by atomic mass is 9.72. The predicted molar refractivity (Wildman–Crippen MR) is 135 cm³/mol. The number of hydrogen-bond donors (Lipinski definition) is 1. The molecule has 33 heavy (non-hydrogen) atoms. The van der Waals surface area contributed by atoms with Gasteiger partial charge in [0.2, 0.25) is 0 Å². The van der Waals surface area contributed by atoms with Crippen LogP contribution in [-0.4, -0.2) is 22.2 Å². The quantitative estimate of drug-likeness (QED) is 0.479. The van der Waals surface area contributed by atoms with Crippen LogP contribution in [0.2, 0.25) is 10.0 Å². The van der Waals surface area contributed by atoms with Crippen molar-refractivity contribution in [2.45, 2.75) is 73.3 Å². The molecule has 0 bridgehead atoms. The maximum absolute atomic E-state index is 13.0. The second-order valence-electron chi connectivity index (χ2n) is 10.6. The summed E-state index contributed by atoms with van der Waals surface area (Å²) in [5, 5.41) is 18.0.